The molecule has 0 saturated carbocycles. The summed E-state index contributed by atoms with van der Waals surface area (Å²) in [5.41, 5.74) is 0. The van der Waals surface area contributed by atoms with Crippen molar-refractivity contribution in [3.8, 4) is 0 Å². The highest BCUT2D eigenvalue weighted by Gasteiger charge is 2.21. The Bertz CT molecular complexity index is 147. The van der Waals surface area contributed by atoms with Crippen molar-refractivity contribution < 1.29 is 14.4 Å². The van der Waals surface area contributed by atoms with Gasteiger partial charge in [-0.1, -0.05) is 0 Å². The highest BCUT2D eigenvalue weighted by atomic mass is 35.5. The van der Waals surface area contributed by atoms with E-state index < -0.39 is 13.6 Å². The molecule has 0 radical (unpaired) electrons. The summed E-state index contributed by atoms with van der Waals surface area (Å²) in [5, 5.41) is 0. The summed E-state index contributed by atoms with van der Waals surface area (Å²) in [7, 11) is -3.99. The summed E-state index contributed by atoms with van der Waals surface area (Å²) in [6.07, 6.45) is -0.333. The van der Waals surface area contributed by atoms with Crippen molar-refractivity contribution in [1.29, 1.82) is 0 Å². The van der Waals surface area contributed by atoms with Gasteiger partial charge in [0.15, 0.2) is 0 Å². The van der Waals surface area contributed by atoms with Crippen LogP contribution in [0, 0.1) is 0 Å². The van der Waals surface area contributed by atoms with Crippen molar-refractivity contribution >= 4 is 31.1 Å². The van der Waals surface area contributed by atoms with Gasteiger partial charge in [-0.15, -0.1) is 3.94 Å². The molecule has 62 valence electrons. The summed E-state index contributed by atoms with van der Waals surface area (Å²) in [6, 6.07) is -0.538. The highest BCUT2D eigenvalue weighted by molar-refractivity contribution is 7.51. The maximum absolute atomic E-state index is 10.3. The number of halogens is 2. The van der Waals surface area contributed by atoms with Crippen LogP contribution < -0.4 is 0 Å². The SMILES string of the molecule is CC(CP(=O)(O)O)N(Cl)Cl. The molecule has 0 amide bonds. The highest BCUT2D eigenvalue weighted by Crippen LogP contribution is 2.36. The van der Waals surface area contributed by atoms with Crippen molar-refractivity contribution in [2.75, 3.05) is 6.16 Å². The summed E-state index contributed by atoms with van der Waals surface area (Å²) >= 11 is 10.4. The smallest absolute Gasteiger partial charge is 0.324 e. The van der Waals surface area contributed by atoms with E-state index in [9.17, 15) is 4.57 Å². The largest absolute Gasteiger partial charge is 0.327 e. The summed E-state index contributed by atoms with van der Waals surface area (Å²) < 4.78 is 11.0. The van der Waals surface area contributed by atoms with Crippen LogP contribution in [-0.2, 0) is 4.57 Å². The lowest BCUT2D eigenvalue weighted by Gasteiger charge is -2.14. The van der Waals surface area contributed by atoms with Gasteiger partial charge < -0.3 is 9.79 Å². The van der Waals surface area contributed by atoms with Crippen LogP contribution in [0.1, 0.15) is 6.92 Å². The normalized spacial score (nSPS) is 15.8. The number of nitrogens with zero attached hydrogens (tertiary/aromatic N) is 1. The fraction of sp³-hybridized carbons (Fsp3) is 1.00. The molecule has 0 aromatic heterocycles. The molecule has 4 nitrogen and oxygen atoms in total. The fourth-order valence-corrected chi connectivity index (χ4v) is 1.59. The van der Waals surface area contributed by atoms with Gasteiger partial charge in [-0.25, -0.2) is 0 Å². The lowest BCUT2D eigenvalue weighted by Crippen LogP contribution is -2.19. The first-order chi connectivity index (χ1) is 4.33. The van der Waals surface area contributed by atoms with E-state index in [0.717, 1.165) is 3.94 Å². The Morgan fingerprint density at radius 1 is 1.60 bits per heavy atom. The first-order valence-corrected chi connectivity index (χ1v) is 4.95. The second-order valence-electron chi connectivity index (χ2n) is 1.96. The third kappa shape index (κ3) is 5.47. The van der Waals surface area contributed by atoms with E-state index in [-0.39, 0.29) is 6.16 Å². The Kier molecular flexibility index (Phi) is 4.17. The Morgan fingerprint density at radius 2 is 2.00 bits per heavy atom. The van der Waals surface area contributed by atoms with Crippen molar-refractivity contribution in [2.45, 2.75) is 13.0 Å². The molecular formula is C3H8Cl2NO3P. The van der Waals surface area contributed by atoms with Crippen molar-refractivity contribution in [3.05, 3.63) is 0 Å². The predicted molar refractivity (Wildman–Crippen MR) is 39.9 cm³/mol. The average molecular weight is 208 g/mol. The molecule has 0 rings (SSSR count). The van der Waals surface area contributed by atoms with Crippen LogP contribution in [0.3, 0.4) is 0 Å². The van der Waals surface area contributed by atoms with Crippen LogP contribution in [0.5, 0.6) is 0 Å². The van der Waals surface area contributed by atoms with Crippen molar-refractivity contribution in [1.82, 2.24) is 3.94 Å². The second kappa shape index (κ2) is 3.90. The maximum atomic E-state index is 10.3. The lowest BCUT2D eigenvalue weighted by atomic mass is 10.4. The summed E-state index contributed by atoms with van der Waals surface area (Å²) in [6.45, 7) is 1.51. The van der Waals surface area contributed by atoms with Gasteiger partial charge in [-0.05, 0) is 30.5 Å². The minimum absolute atomic E-state index is 0.333. The van der Waals surface area contributed by atoms with Crippen molar-refractivity contribution in [2.24, 2.45) is 0 Å². The Balaban J connectivity index is 3.80. The van der Waals surface area contributed by atoms with E-state index in [0.29, 0.717) is 0 Å². The molecule has 10 heavy (non-hydrogen) atoms. The van der Waals surface area contributed by atoms with Gasteiger partial charge in [0.1, 0.15) is 0 Å². The molecule has 0 aromatic rings. The molecule has 1 unspecified atom stereocenters. The molecule has 0 aliphatic carbocycles. The number of hydrogen-bond acceptors (Lipinski definition) is 2. The maximum Gasteiger partial charge on any atom is 0.327 e. The van der Waals surface area contributed by atoms with Gasteiger partial charge in [0.2, 0.25) is 0 Å². The molecule has 0 bridgehead atoms. The molecule has 1 atom stereocenters. The van der Waals surface area contributed by atoms with Gasteiger partial charge >= 0.3 is 7.60 Å². The van der Waals surface area contributed by atoms with Gasteiger partial charge in [-0.3, -0.25) is 4.57 Å². The zero-order valence-corrected chi connectivity index (χ0v) is 7.64. The Labute approximate surface area is 69.1 Å². The zero-order valence-electron chi connectivity index (χ0n) is 5.24. The second-order valence-corrected chi connectivity index (χ2v) is 4.55. The molecule has 0 aliphatic heterocycles. The quantitative estimate of drug-likeness (QED) is 0.539. The van der Waals surface area contributed by atoms with E-state index in [2.05, 4.69) is 0 Å². The molecule has 0 heterocycles. The predicted octanol–water partition coefficient (Wildman–Crippen LogP) is 1.16. The first kappa shape index (κ1) is 10.7. The summed E-state index contributed by atoms with van der Waals surface area (Å²) in [4.78, 5) is 16.8. The number of hydrogen-bond donors (Lipinski definition) is 2. The van der Waals surface area contributed by atoms with Crippen molar-refractivity contribution in [3.63, 3.8) is 0 Å². The molecular weight excluding hydrogens is 200 g/mol. The third-order valence-electron chi connectivity index (χ3n) is 0.835. The minimum Gasteiger partial charge on any atom is -0.324 e. The lowest BCUT2D eigenvalue weighted by molar-refractivity contribution is 0.363. The van der Waals surface area contributed by atoms with Gasteiger partial charge in [0.25, 0.3) is 0 Å². The Hall–Kier alpha value is 0.690. The molecule has 2 N–H and O–H groups in total. The molecule has 0 fully saturated rings. The van der Waals surface area contributed by atoms with Gasteiger partial charge in [0, 0.05) is 0 Å². The zero-order chi connectivity index (χ0) is 8.36. The van der Waals surface area contributed by atoms with E-state index in [1.807, 2.05) is 0 Å². The van der Waals surface area contributed by atoms with Crippen LogP contribution in [0.2, 0.25) is 0 Å². The van der Waals surface area contributed by atoms with E-state index >= 15 is 0 Å². The average Bonchev–Trinajstić information content (AvgIpc) is 1.60. The standard InChI is InChI=1S/C3H8Cl2NO3P/c1-3(6(4)5)2-10(7,8)9/h3H,2H2,1H3,(H2,7,8,9). The number of rotatable bonds is 3. The molecule has 7 heteroatoms. The molecule has 0 aliphatic rings. The first-order valence-electron chi connectivity index (χ1n) is 2.48. The molecule has 0 saturated heterocycles. The Morgan fingerprint density at radius 3 is 2.10 bits per heavy atom. The van der Waals surface area contributed by atoms with Crippen LogP contribution in [0.25, 0.3) is 0 Å². The van der Waals surface area contributed by atoms with Crippen LogP contribution in [0.4, 0.5) is 0 Å². The molecule has 0 spiro atoms. The van der Waals surface area contributed by atoms with Crippen LogP contribution >= 0.6 is 31.1 Å². The molecule has 0 aromatic carbocycles. The topological polar surface area (TPSA) is 60.8 Å². The van der Waals surface area contributed by atoms with Gasteiger partial charge in [-0.2, -0.15) is 0 Å². The van der Waals surface area contributed by atoms with Crippen LogP contribution in [0.15, 0.2) is 0 Å². The monoisotopic (exact) mass is 207 g/mol. The van der Waals surface area contributed by atoms with E-state index in [1.165, 1.54) is 6.92 Å². The third-order valence-corrected chi connectivity index (χ3v) is 2.51. The van der Waals surface area contributed by atoms with E-state index in [4.69, 9.17) is 33.3 Å². The van der Waals surface area contributed by atoms with E-state index in [1.54, 1.807) is 0 Å². The fourth-order valence-electron chi connectivity index (χ4n) is 0.406. The van der Waals surface area contributed by atoms with Gasteiger partial charge in [0.05, 0.1) is 12.2 Å². The van der Waals surface area contributed by atoms with Crippen LogP contribution in [-0.4, -0.2) is 25.9 Å². The minimum atomic E-state index is -3.99. The summed E-state index contributed by atoms with van der Waals surface area (Å²) in [5.74, 6) is 0.